The van der Waals surface area contributed by atoms with Crippen molar-refractivity contribution in [2.45, 2.75) is 32.0 Å². The molecule has 0 bridgehead atoms. The number of nitrogens with zero attached hydrogens (tertiary/aromatic N) is 2. The summed E-state index contributed by atoms with van der Waals surface area (Å²) in [6.45, 7) is 2.48. The number of hydrogen-bond donors (Lipinski definition) is 1. The fraction of sp³-hybridized carbons (Fsp3) is 0.467. The Labute approximate surface area is 135 Å². The van der Waals surface area contributed by atoms with E-state index in [0.717, 1.165) is 25.0 Å². The largest absolute Gasteiger partial charge is 0.416 e. The second-order valence-corrected chi connectivity index (χ2v) is 6.86. The summed E-state index contributed by atoms with van der Waals surface area (Å²) in [5.41, 5.74) is 5.01. The summed E-state index contributed by atoms with van der Waals surface area (Å²) in [7, 11) is 0. The maximum atomic E-state index is 12.8. The zero-order valence-corrected chi connectivity index (χ0v) is 13.2. The van der Waals surface area contributed by atoms with Crippen molar-refractivity contribution in [3.63, 3.8) is 0 Å². The van der Waals surface area contributed by atoms with Crippen molar-refractivity contribution < 1.29 is 18.0 Å². The SMILES string of the molecule is CC1CCC(C(N)=O)CN1c1nc2cc(C(F)(F)F)ccc2s1. The molecule has 0 saturated carbocycles. The van der Waals surface area contributed by atoms with Gasteiger partial charge >= 0.3 is 6.18 Å². The highest BCUT2D eigenvalue weighted by Gasteiger charge is 2.32. The van der Waals surface area contributed by atoms with Crippen molar-refractivity contribution in [2.75, 3.05) is 11.4 Å². The number of nitrogens with two attached hydrogens (primary N) is 1. The number of primary amides is 1. The van der Waals surface area contributed by atoms with Crippen LogP contribution in [0.2, 0.25) is 0 Å². The Balaban J connectivity index is 1.94. The third-order valence-corrected chi connectivity index (χ3v) is 5.31. The van der Waals surface area contributed by atoms with Crippen LogP contribution < -0.4 is 10.6 Å². The topological polar surface area (TPSA) is 59.2 Å². The van der Waals surface area contributed by atoms with Crippen LogP contribution in [0.15, 0.2) is 18.2 Å². The fourth-order valence-electron chi connectivity index (χ4n) is 2.82. The van der Waals surface area contributed by atoms with Gasteiger partial charge in [0.25, 0.3) is 0 Å². The first kappa shape index (κ1) is 16.0. The maximum absolute atomic E-state index is 12.8. The number of thiazole rings is 1. The Morgan fingerprint density at radius 2 is 2.13 bits per heavy atom. The minimum atomic E-state index is -4.38. The summed E-state index contributed by atoms with van der Waals surface area (Å²) in [5.74, 6) is -0.591. The molecule has 1 fully saturated rings. The van der Waals surface area contributed by atoms with E-state index in [1.807, 2.05) is 11.8 Å². The summed E-state index contributed by atoms with van der Waals surface area (Å²) >= 11 is 1.34. The first-order valence-electron chi connectivity index (χ1n) is 7.29. The molecule has 1 aromatic carbocycles. The molecule has 3 rings (SSSR count). The van der Waals surface area contributed by atoms with Gasteiger partial charge in [0.2, 0.25) is 5.91 Å². The molecule has 2 aromatic rings. The second-order valence-electron chi connectivity index (χ2n) is 5.85. The Hall–Kier alpha value is -1.83. The number of hydrogen-bond acceptors (Lipinski definition) is 4. The van der Waals surface area contributed by atoms with Crippen LogP contribution in [0.5, 0.6) is 0 Å². The monoisotopic (exact) mass is 343 g/mol. The Bertz CT molecular complexity index is 743. The Kier molecular flexibility index (Phi) is 3.95. The van der Waals surface area contributed by atoms with Crippen LogP contribution in [0.1, 0.15) is 25.3 Å². The van der Waals surface area contributed by atoms with Crippen LogP contribution >= 0.6 is 11.3 Å². The summed E-state index contributed by atoms with van der Waals surface area (Å²) in [6.07, 6.45) is -2.85. The second kappa shape index (κ2) is 5.67. The van der Waals surface area contributed by atoms with Gasteiger partial charge in [0.05, 0.1) is 21.7 Å². The Morgan fingerprint density at radius 3 is 2.78 bits per heavy atom. The lowest BCUT2D eigenvalue weighted by atomic mass is 9.93. The number of alkyl halides is 3. The summed E-state index contributed by atoms with van der Waals surface area (Å²) in [5, 5.41) is 0.637. The van der Waals surface area contributed by atoms with E-state index in [9.17, 15) is 18.0 Å². The molecule has 2 unspecified atom stereocenters. The van der Waals surface area contributed by atoms with Gasteiger partial charge in [-0.1, -0.05) is 11.3 Å². The van der Waals surface area contributed by atoms with Gasteiger partial charge in [-0.25, -0.2) is 4.98 Å². The van der Waals surface area contributed by atoms with E-state index >= 15 is 0 Å². The molecule has 124 valence electrons. The van der Waals surface area contributed by atoms with E-state index in [-0.39, 0.29) is 17.9 Å². The number of anilines is 1. The third-order valence-electron chi connectivity index (χ3n) is 4.23. The first-order valence-corrected chi connectivity index (χ1v) is 8.11. The highest BCUT2D eigenvalue weighted by molar-refractivity contribution is 7.22. The lowest BCUT2D eigenvalue weighted by molar-refractivity contribution is -0.137. The minimum Gasteiger partial charge on any atom is -0.369 e. The van der Waals surface area contributed by atoms with Gasteiger partial charge in [0.1, 0.15) is 0 Å². The molecule has 23 heavy (non-hydrogen) atoms. The number of carbonyl (C=O) groups excluding carboxylic acids is 1. The van der Waals surface area contributed by atoms with E-state index < -0.39 is 11.7 Å². The molecule has 2 heterocycles. The molecule has 4 nitrogen and oxygen atoms in total. The highest BCUT2D eigenvalue weighted by Crippen LogP contribution is 2.37. The zero-order chi connectivity index (χ0) is 16.8. The molecule has 1 amide bonds. The predicted molar refractivity (Wildman–Crippen MR) is 83.3 cm³/mol. The van der Waals surface area contributed by atoms with Crippen LogP contribution in [-0.4, -0.2) is 23.5 Å². The van der Waals surface area contributed by atoms with Crippen molar-refractivity contribution in [1.82, 2.24) is 4.98 Å². The lowest BCUT2D eigenvalue weighted by Crippen LogP contribution is -2.45. The molecule has 0 radical (unpaired) electrons. The van der Waals surface area contributed by atoms with E-state index in [1.165, 1.54) is 17.4 Å². The molecular formula is C15H16F3N3OS. The van der Waals surface area contributed by atoms with Crippen molar-refractivity contribution >= 4 is 32.6 Å². The number of amides is 1. The van der Waals surface area contributed by atoms with Crippen molar-refractivity contribution in [1.29, 1.82) is 0 Å². The van der Waals surface area contributed by atoms with Crippen LogP contribution in [-0.2, 0) is 11.0 Å². The first-order chi connectivity index (χ1) is 10.8. The minimum absolute atomic E-state index is 0.174. The van der Waals surface area contributed by atoms with E-state index in [0.29, 0.717) is 21.9 Å². The number of fused-ring (bicyclic) bond motifs is 1. The van der Waals surface area contributed by atoms with E-state index in [2.05, 4.69) is 4.98 Å². The number of rotatable bonds is 2. The number of carbonyl (C=O) groups is 1. The Morgan fingerprint density at radius 1 is 1.39 bits per heavy atom. The smallest absolute Gasteiger partial charge is 0.369 e. The zero-order valence-electron chi connectivity index (χ0n) is 12.4. The van der Waals surface area contributed by atoms with Crippen molar-refractivity contribution in [3.8, 4) is 0 Å². The van der Waals surface area contributed by atoms with Gasteiger partial charge in [-0.15, -0.1) is 0 Å². The molecule has 1 aliphatic heterocycles. The van der Waals surface area contributed by atoms with Crippen LogP contribution in [0.4, 0.5) is 18.3 Å². The summed E-state index contributed by atoms with van der Waals surface area (Å²) < 4.78 is 39.1. The average molecular weight is 343 g/mol. The third kappa shape index (κ3) is 3.12. The molecule has 2 atom stereocenters. The molecule has 0 spiro atoms. The average Bonchev–Trinajstić information content (AvgIpc) is 2.89. The van der Waals surface area contributed by atoms with Crippen LogP contribution in [0, 0.1) is 5.92 Å². The fourth-order valence-corrected chi connectivity index (χ4v) is 3.88. The summed E-state index contributed by atoms with van der Waals surface area (Å²) in [4.78, 5) is 17.7. The highest BCUT2D eigenvalue weighted by atomic mass is 32.1. The maximum Gasteiger partial charge on any atom is 0.416 e. The molecule has 1 aliphatic rings. The van der Waals surface area contributed by atoms with Gasteiger partial charge in [0, 0.05) is 12.6 Å². The van der Waals surface area contributed by atoms with Gasteiger partial charge in [-0.3, -0.25) is 4.79 Å². The number of aromatic nitrogens is 1. The molecule has 1 aromatic heterocycles. The quantitative estimate of drug-likeness (QED) is 0.909. The molecule has 1 saturated heterocycles. The van der Waals surface area contributed by atoms with E-state index in [1.54, 1.807) is 0 Å². The number of piperidine rings is 1. The van der Waals surface area contributed by atoms with Gasteiger partial charge in [0.15, 0.2) is 5.13 Å². The summed E-state index contributed by atoms with van der Waals surface area (Å²) in [6, 6.07) is 3.75. The van der Waals surface area contributed by atoms with E-state index in [4.69, 9.17) is 5.73 Å². The van der Waals surface area contributed by atoms with Crippen LogP contribution in [0.3, 0.4) is 0 Å². The van der Waals surface area contributed by atoms with Crippen molar-refractivity contribution in [3.05, 3.63) is 23.8 Å². The van der Waals surface area contributed by atoms with Gasteiger partial charge in [-0.2, -0.15) is 13.2 Å². The predicted octanol–water partition coefficient (Wildman–Crippen LogP) is 3.41. The number of benzene rings is 1. The van der Waals surface area contributed by atoms with Gasteiger partial charge in [-0.05, 0) is 38.0 Å². The van der Waals surface area contributed by atoms with Crippen molar-refractivity contribution in [2.24, 2.45) is 11.7 Å². The molecule has 0 aliphatic carbocycles. The molecular weight excluding hydrogens is 327 g/mol. The number of halogens is 3. The standard InChI is InChI=1S/C15H16F3N3OS/c1-8-2-3-9(13(19)22)7-21(8)14-20-11-6-10(15(16,17)18)4-5-12(11)23-14/h4-6,8-9H,2-3,7H2,1H3,(H2,19,22). The molecule has 2 N–H and O–H groups in total. The van der Waals surface area contributed by atoms with Gasteiger partial charge < -0.3 is 10.6 Å². The lowest BCUT2D eigenvalue weighted by Gasteiger charge is -2.36. The normalized spacial score (nSPS) is 22.5. The molecule has 8 heteroatoms. The van der Waals surface area contributed by atoms with Crippen LogP contribution in [0.25, 0.3) is 10.2 Å².